The second-order valence-corrected chi connectivity index (χ2v) is 6.69. The van der Waals surface area contributed by atoms with Crippen molar-refractivity contribution in [2.45, 2.75) is 89.9 Å². The third kappa shape index (κ3) is 3.48. The summed E-state index contributed by atoms with van der Waals surface area (Å²) >= 11 is 0. The van der Waals surface area contributed by atoms with Crippen LogP contribution in [0.5, 0.6) is 0 Å². The van der Waals surface area contributed by atoms with Crippen LogP contribution in [0.25, 0.3) is 0 Å². The third-order valence-corrected chi connectivity index (χ3v) is 4.96. The fraction of sp³-hybridized carbons (Fsp3) is 1.00. The lowest BCUT2D eigenvalue weighted by Gasteiger charge is -2.33. The molecule has 2 atom stereocenters. The van der Waals surface area contributed by atoms with E-state index in [0.717, 1.165) is 12.5 Å². The zero-order chi connectivity index (χ0) is 13.0. The van der Waals surface area contributed by atoms with Crippen LogP contribution in [0.2, 0.25) is 0 Å². The van der Waals surface area contributed by atoms with Crippen molar-refractivity contribution in [2.24, 2.45) is 5.92 Å². The van der Waals surface area contributed by atoms with Crippen molar-refractivity contribution in [3.63, 3.8) is 0 Å². The molecule has 1 aliphatic heterocycles. The number of rotatable bonds is 5. The fourth-order valence-electron chi connectivity index (χ4n) is 3.74. The monoisotopic (exact) mass is 253 g/mol. The summed E-state index contributed by atoms with van der Waals surface area (Å²) in [5, 5.41) is 3.71. The molecule has 0 aromatic carbocycles. The second-order valence-electron chi connectivity index (χ2n) is 6.69. The highest BCUT2D eigenvalue weighted by Gasteiger charge is 2.40. The molecule has 0 amide bonds. The van der Waals surface area contributed by atoms with E-state index in [0.29, 0.717) is 12.1 Å². The predicted octanol–water partition coefficient (Wildman–Crippen LogP) is 3.89. The van der Waals surface area contributed by atoms with Crippen LogP contribution in [0, 0.1) is 5.92 Å². The van der Waals surface area contributed by atoms with Crippen LogP contribution in [-0.4, -0.2) is 24.3 Å². The molecular formula is C16H31NO. The average molecular weight is 253 g/mol. The Kier molecular flexibility index (Phi) is 5.08. The van der Waals surface area contributed by atoms with Crippen LogP contribution in [0.3, 0.4) is 0 Å². The van der Waals surface area contributed by atoms with Crippen molar-refractivity contribution in [1.29, 1.82) is 0 Å². The van der Waals surface area contributed by atoms with Gasteiger partial charge in [0.1, 0.15) is 0 Å². The van der Waals surface area contributed by atoms with Crippen molar-refractivity contribution in [2.75, 3.05) is 6.54 Å². The smallest absolute Gasteiger partial charge is 0.0708 e. The van der Waals surface area contributed by atoms with Crippen molar-refractivity contribution >= 4 is 0 Å². The first-order chi connectivity index (χ1) is 8.65. The molecule has 1 aliphatic carbocycles. The lowest BCUT2D eigenvalue weighted by Crippen LogP contribution is -2.40. The average Bonchev–Trinajstić information content (AvgIpc) is 2.74. The number of hydrogen-bond acceptors (Lipinski definition) is 2. The van der Waals surface area contributed by atoms with Gasteiger partial charge in [-0.3, -0.25) is 0 Å². The Bertz CT molecular complexity index is 245. The van der Waals surface area contributed by atoms with Gasteiger partial charge in [-0.1, -0.05) is 40.0 Å². The minimum atomic E-state index is 0.282. The van der Waals surface area contributed by atoms with E-state index in [1.807, 2.05) is 0 Å². The normalized spacial score (nSPS) is 29.0. The van der Waals surface area contributed by atoms with Crippen LogP contribution in [-0.2, 0) is 4.74 Å². The number of nitrogens with one attached hydrogen (secondary N) is 1. The Morgan fingerprint density at radius 2 is 1.89 bits per heavy atom. The number of ether oxygens (including phenoxy) is 1. The summed E-state index contributed by atoms with van der Waals surface area (Å²) < 4.78 is 6.40. The molecule has 2 rings (SSSR count). The summed E-state index contributed by atoms with van der Waals surface area (Å²) in [6.07, 6.45) is 11.0. The lowest BCUT2D eigenvalue weighted by atomic mass is 9.83. The van der Waals surface area contributed by atoms with E-state index in [2.05, 4.69) is 26.1 Å². The maximum absolute atomic E-state index is 6.40. The molecule has 2 unspecified atom stereocenters. The lowest BCUT2D eigenvalue weighted by molar-refractivity contribution is -0.0632. The molecular weight excluding hydrogens is 222 g/mol. The Balaban J connectivity index is 1.75. The van der Waals surface area contributed by atoms with E-state index in [1.165, 1.54) is 51.4 Å². The Morgan fingerprint density at radius 1 is 1.17 bits per heavy atom. The molecule has 2 fully saturated rings. The molecule has 0 aromatic rings. The minimum Gasteiger partial charge on any atom is -0.370 e. The molecule has 1 saturated carbocycles. The molecule has 1 N–H and O–H groups in total. The molecule has 1 spiro atoms. The molecule has 2 heteroatoms. The van der Waals surface area contributed by atoms with E-state index in [4.69, 9.17) is 4.74 Å². The van der Waals surface area contributed by atoms with Gasteiger partial charge in [0.2, 0.25) is 0 Å². The topological polar surface area (TPSA) is 21.3 Å². The van der Waals surface area contributed by atoms with Gasteiger partial charge in [0.15, 0.2) is 0 Å². The largest absolute Gasteiger partial charge is 0.370 e. The van der Waals surface area contributed by atoms with Crippen LogP contribution < -0.4 is 5.32 Å². The van der Waals surface area contributed by atoms with Gasteiger partial charge in [0.25, 0.3) is 0 Å². The molecule has 106 valence electrons. The first-order valence-electron chi connectivity index (χ1n) is 8.06. The maximum Gasteiger partial charge on any atom is 0.0708 e. The first kappa shape index (κ1) is 14.3. The summed E-state index contributed by atoms with van der Waals surface area (Å²) in [7, 11) is 0. The fourth-order valence-corrected chi connectivity index (χ4v) is 3.74. The van der Waals surface area contributed by atoms with Gasteiger partial charge in [-0.05, 0) is 38.0 Å². The maximum atomic E-state index is 6.40. The highest BCUT2D eigenvalue weighted by atomic mass is 16.5. The summed E-state index contributed by atoms with van der Waals surface area (Å²) in [5.74, 6) is 0.722. The zero-order valence-corrected chi connectivity index (χ0v) is 12.5. The summed E-state index contributed by atoms with van der Waals surface area (Å²) in [5.41, 5.74) is 0.282. The SMILES string of the molecule is CCC(NCC1CCC2(CCCCC2)O1)C(C)C. The predicted molar refractivity (Wildman–Crippen MR) is 76.8 cm³/mol. The van der Waals surface area contributed by atoms with Gasteiger partial charge in [0.05, 0.1) is 11.7 Å². The Labute approximate surface area is 113 Å². The summed E-state index contributed by atoms with van der Waals surface area (Å²) in [4.78, 5) is 0. The molecule has 2 aliphatic rings. The molecule has 1 heterocycles. The molecule has 0 radical (unpaired) electrons. The zero-order valence-electron chi connectivity index (χ0n) is 12.5. The summed E-state index contributed by atoms with van der Waals surface area (Å²) in [6.45, 7) is 7.94. The Hall–Kier alpha value is -0.0800. The molecule has 0 bridgehead atoms. The second kappa shape index (κ2) is 6.38. The van der Waals surface area contributed by atoms with E-state index in [-0.39, 0.29) is 5.60 Å². The highest BCUT2D eigenvalue weighted by Crippen LogP contribution is 2.41. The van der Waals surface area contributed by atoms with Gasteiger partial charge in [0, 0.05) is 12.6 Å². The van der Waals surface area contributed by atoms with Crippen molar-refractivity contribution in [3.8, 4) is 0 Å². The van der Waals surface area contributed by atoms with Crippen molar-refractivity contribution < 1.29 is 4.74 Å². The minimum absolute atomic E-state index is 0.282. The van der Waals surface area contributed by atoms with Crippen LogP contribution >= 0.6 is 0 Å². The van der Waals surface area contributed by atoms with Crippen LogP contribution in [0.15, 0.2) is 0 Å². The van der Waals surface area contributed by atoms with Crippen molar-refractivity contribution in [3.05, 3.63) is 0 Å². The van der Waals surface area contributed by atoms with Gasteiger partial charge in [-0.25, -0.2) is 0 Å². The van der Waals surface area contributed by atoms with E-state index in [1.54, 1.807) is 0 Å². The van der Waals surface area contributed by atoms with Crippen molar-refractivity contribution in [1.82, 2.24) is 5.32 Å². The van der Waals surface area contributed by atoms with Crippen LogP contribution in [0.4, 0.5) is 0 Å². The molecule has 18 heavy (non-hydrogen) atoms. The van der Waals surface area contributed by atoms with E-state index < -0.39 is 0 Å². The highest BCUT2D eigenvalue weighted by molar-refractivity contribution is 4.92. The quantitative estimate of drug-likeness (QED) is 0.802. The third-order valence-electron chi connectivity index (χ3n) is 4.96. The standard InChI is InChI=1S/C16H31NO/c1-4-15(13(2)3)17-12-14-8-11-16(18-14)9-6-5-7-10-16/h13-15,17H,4-12H2,1-3H3. The number of hydrogen-bond donors (Lipinski definition) is 1. The first-order valence-corrected chi connectivity index (χ1v) is 8.06. The van der Waals surface area contributed by atoms with E-state index in [9.17, 15) is 0 Å². The molecule has 2 nitrogen and oxygen atoms in total. The summed E-state index contributed by atoms with van der Waals surface area (Å²) in [6, 6.07) is 0.650. The van der Waals surface area contributed by atoms with E-state index >= 15 is 0 Å². The van der Waals surface area contributed by atoms with Gasteiger partial charge in [-0.15, -0.1) is 0 Å². The van der Waals surface area contributed by atoms with Gasteiger partial charge < -0.3 is 10.1 Å². The van der Waals surface area contributed by atoms with Gasteiger partial charge in [-0.2, -0.15) is 0 Å². The molecule has 1 saturated heterocycles. The van der Waals surface area contributed by atoms with Gasteiger partial charge >= 0.3 is 0 Å². The van der Waals surface area contributed by atoms with Crippen LogP contribution in [0.1, 0.15) is 72.1 Å². The molecule has 0 aromatic heterocycles. The Morgan fingerprint density at radius 3 is 2.50 bits per heavy atom.